The van der Waals surface area contributed by atoms with Crippen LogP contribution in [0, 0.1) is 0 Å². The molecule has 0 radical (unpaired) electrons. The standard InChI is InChI=1S/C12H17N3O6/c16-6-9(18)11(20)10(19)8(17)5-14-15-12(21)7-1-3-13-4-2-7/h1-5,8-11,16-20H,6H2,(H,15,21)/b14-5+/t8-,9-,10+,11-/m1/s1. The molecule has 9 heteroatoms. The molecule has 4 atom stereocenters. The van der Waals surface area contributed by atoms with Crippen LogP contribution in [0.4, 0.5) is 0 Å². The van der Waals surface area contributed by atoms with Crippen LogP contribution >= 0.6 is 0 Å². The van der Waals surface area contributed by atoms with Crippen molar-refractivity contribution in [2.45, 2.75) is 24.4 Å². The molecule has 1 amide bonds. The molecule has 116 valence electrons. The molecular weight excluding hydrogens is 282 g/mol. The number of amides is 1. The number of aliphatic hydroxyl groups is 5. The van der Waals surface area contributed by atoms with Gasteiger partial charge in [-0.15, -0.1) is 0 Å². The summed E-state index contributed by atoms with van der Waals surface area (Å²) in [5, 5.41) is 49.5. The van der Waals surface area contributed by atoms with Gasteiger partial charge in [0, 0.05) is 18.0 Å². The molecule has 0 unspecified atom stereocenters. The molecule has 21 heavy (non-hydrogen) atoms. The minimum absolute atomic E-state index is 0.299. The number of hydrazone groups is 1. The third-order valence-corrected chi connectivity index (χ3v) is 2.62. The molecule has 9 nitrogen and oxygen atoms in total. The average molecular weight is 299 g/mol. The molecular formula is C12H17N3O6. The summed E-state index contributed by atoms with van der Waals surface area (Å²) in [4.78, 5) is 15.3. The minimum atomic E-state index is -1.77. The van der Waals surface area contributed by atoms with Gasteiger partial charge in [-0.05, 0) is 12.1 Å². The van der Waals surface area contributed by atoms with E-state index in [0.29, 0.717) is 5.56 Å². The second kappa shape index (κ2) is 8.39. The molecule has 0 bridgehead atoms. The molecule has 0 aliphatic carbocycles. The van der Waals surface area contributed by atoms with E-state index in [1.807, 2.05) is 0 Å². The van der Waals surface area contributed by atoms with Gasteiger partial charge in [-0.3, -0.25) is 9.78 Å². The molecule has 0 aliphatic rings. The van der Waals surface area contributed by atoms with E-state index in [9.17, 15) is 20.1 Å². The van der Waals surface area contributed by atoms with Crippen LogP contribution in [0.15, 0.2) is 29.6 Å². The predicted octanol–water partition coefficient (Wildman–Crippen LogP) is -2.77. The van der Waals surface area contributed by atoms with Gasteiger partial charge in [-0.25, -0.2) is 5.43 Å². The van der Waals surface area contributed by atoms with Crippen LogP contribution in [-0.4, -0.2) is 73.7 Å². The van der Waals surface area contributed by atoms with Crippen molar-refractivity contribution in [1.82, 2.24) is 10.4 Å². The maximum atomic E-state index is 11.6. The lowest BCUT2D eigenvalue weighted by Gasteiger charge is -2.23. The Bertz CT molecular complexity index is 469. The van der Waals surface area contributed by atoms with Crippen LogP contribution in [0.2, 0.25) is 0 Å². The lowest BCUT2D eigenvalue weighted by Crippen LogP contribution is -2.46. The summed E-state index contributed by atoms with van der Waals surface area (Å²) >= 11 is 0. The Morgan fingerprint density at radius 1 is 1.24 bits per heavy atom. The number of carbonyl (C=O) groups is 1. The van der Waals surface area contributed by atoms with Gasteiger partial charge in [0.15, 0.2) is 0 Å². The molecule has 1 heterocycles. The van der Waals surface area contributed by atoms with Gasteiger partial charge in [0.25, 0.3) is 5.91 Å². The van der Waals surface area contributed by atoms with Gasteiger partial charge in [0.1, 0.15) is 24.4 Å². The van der Waals surface area contributed by atoms with Gasteiger partial charge in [0.2, 0.25) is 0 Å². The van der Waals surface area contributed by atoms with E-state index in [-0.39, 0.29) is 0 Å². The summed E-state index contributed by atoms with van der Waals surface area (Å²) in [5.74, 6) is -0.550. The molecule has 0 fully saturated rings. The Morgan fingerprint density at radius 3 is 2.43 bits per heavy atom. The fourth-order valence-electron chi connectivity index (χ4n) is 1.37. The molecule has 0 saturated carbocycles. The summed E-state index contributed by atoms with van der Waals surface area (Å²) in [7, 11) is 0. The maximum Gasteiger partial charge on any atom is 0.271 e. The highest BCUT2D eigenvalue weighted by Gasteiger charge is 2.29. The highest BCUT2D eigenvalue weighted by Crippen LogP contribution is 2.03. The lowest BCUT2D eigenvalue weighted by atomic mass is 10.0. The number of aromatic nitrogens is 1. The zero-order valence-electron chi connectivity index (χ0n) is 10.9. The van der Waals surface area contributed by atoms with Crippen molar-refractivity contribution in [3.8, 4) is 0 Å². The number of nitrogens with zero attached hydrogens (tertiary/aromatic N) is 2. The van der Waals surface area contributed by atoms with Gasteiger partial charge in [0.05, 0.1) is 12.8 Å². The van der Waals surface area contributed by atoms with Gasteiger partial charge < -0.3 is 25.5 Å². The number of rotatable bonds is 7. The smallest absolute Gasteiger partial charge is 0.271 e. The monoisotopic (exact) mass is 299 g/mol. The van der Waals surface area contributed by atoms with Crippen LogP contribution < -0.4 is 5.43 Å². The summed E-state index contributed by atoms with van der Waals surface area (Å²) in [6, 6.07) is 2.91. The van der Waals surface area contributed by atoms with E-state index < -0.39 is 36.9 Å². The van der Waals surface area contributed by atoms with E-state index >= 15 is 0 Å². The number of hydrogen-bond acceptors (Lipinski definition) is 8. The molecule has 1 aromatic rings. The number of aliphatic hydroxyl groups excluding tert-OH is 5. The Hall–Kier alpha value is -1.91. The number of hydrogen-bond donors (Lipinski definition) is 6. The highest BCUT2D eigenvalue weighted by atomic mass is 16.4. The Morgan fingerprint density at radius 2 is 1.86 bits per heavy atom. The van der Waals surface area contributed by atoms with Crippen molar-refractivity contribution in [3.05, 3.63) is 30.1 Å². The van der Waals surface area contributed by atoms with Crippen LogP contribution in [0.1, 0.15) is 10.4 Å². The Labute approximate surface area is 120 Å². The predicted molar refractivity (Wildman–Crippen MR) is 71.3 cm³/mol. The first-order chi connectivity index (χ1) is 9.97. The second-order valence-electron chi connectivity index (χ2n) is 4.18. The number of nitrogens with one attached hydrogen (secondary N) is 1. The maximum absolute atomic E-state index is 11.6. The minimum Gasteiger partial charge on any atom is -0.394 e. The number of pyridine rings is 1. The van der Waals surface area contributed by atoms with Crippen molar-refractivity contribution < 1.29 is 30.3 Å². The van der Waals surface area contributed by atoms with E-state index in [1.54, 1.807) is 0 Å². The molecule has 0 spiro atoms. The van der Waals surface area contributed by atoms with E-state index in [0.717, 1.165) is 6.21 Å². The topological polar surface area (TPSA) is 156 Å². The number of carbonyl (C=O) groups excluding carboxylic acids is 1. The summed E-state index contributed by atoms with van der Waals surface area (Å²) in [6.07, 6.45) is -3.14. The van der Waals surface area contributed by atoms with E-state index in [2.05, 4.69) is 15.5 Å². The van der Waals surface area contributed by atoms with Gasteiger partial charge in [-0.1, -0.05) is 0 Å². The van der Waals surface area contributed by atoms with Gasteiger partial charge >= 0.3 is 0 Å². The Kier molecular flexibility index (Phi) is 6.85. The quantitative estimate of drug-likeness (QED) is 0.235. The zero-order chi connectivity index (χ0) is 15.8. The second-order valence-corrected chi connectivity index (χ2v) is 4.18. The van der Waals surface area contributed by atoms with Crippen molar-refractivity contribution in [3.63, 3.8) is 0 Å². The van der Waals surface area contributed by atoms with Crippen molar-refractivity contribution in [2.75, 3.05) is 6.61 Å². The van der Waals surface area contributed by atoms with Crippen LogP contribution in [0.25, 0.3) is 0 Å². The summed E-state index contributed by atoms with van der Waals surface area (Å²) in [6.45, 7) is -0.777. The zero-order valence-corrected chi connectivity index (χ0v) is 10.9. The molecule has 6 N–H and O–H groups in total. The van der Waals surface area contributed by atoms with Crippen molar-refractivity contribution >= 4 is 12.1 Å². The van der Waals surface area contributed by atoms with Crippen molar-refractivity contribution in [1.29, 1.82) is 0 Å². The summed E-state index contributed by atoms with van der Waals surface area (Å²) < 4.78 is 0. The third-order valence-electron chi connectivity index (χ3n) is 2.62. The van der Waals surface area contributed by atoms with E-state index in [4.69, 9.17) is 10.2 Å². The third kappa shape index (κ3) is 5.17. The lowest BCUT2D eigenvalue weighted by molar-refractivity contribution is -0.0999. The first kappa shape index (κ1) is 17.1. The van der Waals surface area contributed by atoms with Crippen LogP contribution in [-0.2, 0) is 0 Å². The fraction of sp³-hybridized carbons (Fsp3) is 0.417. The molecule has 0 aromatic carbocycles. The average Bonchev–Trinajstić information content (AvgIpc) is 2.53. The van der Waals surface area contributed by atoms with Gasteiger partial charge in [-0.2, -0.15) is 5.10 Å². The highest BCUT2D eigenvalue weighted by molar-refractivity contribution is 5.94. The normalized spacial score (nSPS) is 17.2. The first-order valence-electron chi connectivity index (χ1n) is 6.04. The molecule has 0 aliphatic heterocycles. The molecule has 1 rings (SSSR count). The Balaban J connectivity index is 2.51. The van der Waals surface area contributed by atoms with Crippen LogP contribution in [0.5, 0.6) is 0 Å². The van der Waals surface area contributed by atoms with Crippen LogP contribution in [0.3, 0.4) is 0 Å². The molecule has 1 aromatic heterocycles. The van der Waals surface area contributed by atoms with E-state index in [1.165, 1.54) is 24.5 Å². The SMILES string of the molecule is O=C(N/N=C/[C@@H](O)[C@H](O)[C@H](O)[C@H](O)CO)c1ccncc1. The fourth-order valence-corrected chi connectivity index (χ4v) is 1.37. The largest absolute Gasteiger partial charge is 0.394 e. The van der Waals surface area contributed by atoms with Crippen molar-refractivity contribution in [2.24, 2.45) is 5.10 Å². The molecule has 0 saturated heterocycles. The summed E-state index contributed by atoms with van der Waals surface area (Å²) in [5.41, 5.74) is 2.40. The first-order valence-corrected chi connectivity index (χ1v) is 6.04.